The summed E-state index contributed by atoms with van der Waals surface area (Å²) in [5.74, 6) is -1.30. The van der Waals surface area contributed by atoms with Gasteiger partial charge in [-0.25, -0.2) is 0 Å². The van der Waals surface area contributed by atoms with Gasteiger partial charge in [0.25, 0.3) is 0 Å². The number of benzene rings is 1. The maximum absolute atomic E-state index is 13.5. The van der Waals surface area contributed by atoms with E-state index >= 15 is 0 Å². The lowest BCUT2D eigenvalue weighted by Gasteiger charge is -2.32. The van der Waals surface area contributed by atoms with Gasteiger partial charge in [-0.05, 0) is 30.7 Å². The molecule has 6 nitrogen and oxygen atoms in total. The van der Waals surface area contributed by atoms with Gasteiger partial charge >= 0.3 is 0 Å². The molecule has 1 fully saturated rings. The zero-order chi connectivity index (χ0) is 21.0. The van der Waals surface area contributed by atoms with Crippen LogP contribution in [0.15, 0.2) is 42.5 Å². The Morgan fingerprint density at radius 2 is 1.69 bits per heavy atom. The molecule has 1 aliphatic carbocycles. The van der Waals surface area contributed by atoms with E-state index in [-0.39, 0.29) is 48.6 Å². The molecule has 1 heterocycles. The van der Waals surface area contributed by atoms with Crippen molar-refractivity contribution in [3.05, 3.63) is 48.0 Å². The third-order valence-corrected chi connectivity index (χ3v) is 5.73. The van der Waals surface area contributed by atoms with E-state index in [1.54, 1.807) is 4.90 Å². The normalized spacial score (nSPS) is 22.1. The van der Waals surface area contributed by atoms with Crippen LogP contribution in [0.1, 0.15) is 38.7 Å². The number of aliphatic hydroxyl groups excluding tert-OH is 1. The number of nitrogens with zero attached hydrogens (tertiary/aromatic N) is 2. The van der Waals surface area contributed by atoms with E-state index in [2.05, 4.69) is 0 Å². The Bertz CT molecular complexity index is 748. The molecule has 29 heavy (non-hydrogen) atoms. The molecule has 3 amide bonds. The summed E-state index contributed by atoms with van der Waals surface area (Å²) in [6.07, 6.45) is 5.42. The van der Waals surface area contributed by atoms with Gasteiger partial charge in [-0.3, -0.25) is 19.3 Å². The van der Waals surface area contributed by atoms with Gasteiger partial charge in [-0.1, -0.05) is 56.3 Å². The van der Waals surface area contributed by atoms with Crippen molar-refractivity contribution >= 4 is 17.7 Å². The molecule has 1 aliphatic heterocycles. The first-order chi connectivity index (χ1) is 13.9. The van der Waals surface area contributed by atoms with Crippen LogP contribution in [-0.2, 0) is 20.9 Å². The van der Waals surface area contributed by atoms with Crippen molar-refractivity contribution in [3.8, 4) is 0 Å². The second-order valence-corrected chi connectivity index (χ2v) is 8.32. The van der Waals surface area contributed by atoms with Gasteiger partial charge < -0.3 is 10.0 Å². The van der Waals surface area contributed by atoms with Gasteiger partial charge in [0.15, 0.2) is 0 Å². The van der Waals surface area contributed by atoms with Crippen LogP contribution < -0.4 is 0 Å². The first-order valence-electron chi connectivity index (χ1n) is 10.4. The minimum atomic E-state index is -0.823. The molecule has 3 atom stereocenters. The number of hydrogen-bond donors (Lipinski definition) is 1. The van der Waals surface area contributed by atoms with Gasteiger partial charge in [0.05, 0.1) is 18.4 Å². The van der Waals surface area contributed by atoms with E-state index in [9.17, 15) is 19.5 Å². The number of aliphatic hydroxyl groups is 1. The molecule has 2 aliphatic rings. The van der Waals surface area contributed by atoms with E-state index in [1.807, 2.05) is 56.3 Å². The van der Waals surface area contributed by atoms with Gasteiger partial charge in [-0.15, -0.1) is 0 Å². The lowest BCUT2D eigenvalue weighted by atomic mass is 9.85. The fraction of sp³-hybridized carbons (Fsp3) is 0.522. The second kappa shape index (κ2) is 9.35. The molecular weight excluding hydrogens is 368 g/mol. The smallest absolute Gasteiger partial charge is 0.246 e. The number of carbonyl (C=O) groups is 3. The predicted octanol–water partition coefficient (Wildman–Crippen LogP) is 2.37. The summed E-state index contributed by atoms with van der Waals surface area (Å²) in [7, 11) is 0. The highest BCUT2D eigenvalue weighted by Crippen LogP contribution is 2.37. The van der Waals surface area contributed by atoms with Crippen molar-refractivity contribution in [1.29, 1.82) is 0 Å². The average molecular weight is 399 g/mol. The Morgan fingerprint density at radius 3 is 2.21 bits per heavy atom. The Kier molecular flexibility index (Phi) is 6.85. The molecule has 0 spiro atoms. The lowest BCUT2D eigenvalue weighted by molar-refractivity contribution is -0.152. The number of hydrogen-bond acceptors (Lipinski definition) is 4. The van der Waals surface area contributed by atoms with Crippen LogP contribution in [0, 0.1) is 17.8 Å². The summed E-state index contributed by atoms with van der Waals surface area (Å²) in [4.78, 5) is 42.4. The maximum atomic E-state index is 13.5. The highest BCUT2D eigenvalue weighted by molar-refractivity contribution is 6.08. The lowest BCUT2D eigenvalue weighted by Crippen LogP contribution is -2.52. The quantitative estimate of drug-likeness (QED) is 0.539. The van der Waals surface area contributed by atoms with E-state index in [1.165, 1.54) is 4.90 Å². The summed E-state index contributed by atoms with van der Waals surface area (Å²) in [6, 6.07) is 8.71. The molecule has 1 aromatic carbocycles. The van der Waals surface area contributed by atoms with Crippen molar-refractivity contribution in [2.75, 3.05) is 13.2 Å². The number of amides is 3. The number of imide groups is 1. The van der Waals surface area contributed by atoms with Crippen LogP contribution in [0.5, 0.6) is 0 Å². The van der Waals surface area contributed by atoms with E-state index < -0.39 is 6.04 Å². The summed E-state index contributed by atoms with van der Waals surface area (Å²) in [5, 5.41) is 9.52. The number of carbonyl (C=O) groups excluding carboxylic acids is 3. The fourth-order valence-corrected chi connectivity index (χ4v) is 4.30. The zero-order valence-electron chi connectivity index (χ0n) is 17.2. The summed E-state index contributed by atoms with van der Waals surface area (Å²) in [5.41, 5.74) is 0.939. The maximum Gasteiger partial charge on any atom is 0.246 e. The van der Waals surface area contributed by atoms with Crippen molar-refractivity contribution in [1.82, 2.24) is 9.80 Å². The molecule has 156 valence electrons. The first kappa shape index (κ1) is 21.2. The van der Waals surface area contributed by atoms with E-state index in [0.29, 0.717) is 25.8 Å². The van der Waals surface area contributed by atoms with E-state index in [4.69, 9.17) is 0 Å². The van der Waals surface area contributed by atoms with Crippen molar-refractivity contribution < 1.29 is 19.5 Å². The number of rotatable bonds is 8. The zero-order valence-corrected chi connectivity index (χ0v) is 17.2. The molecule has 1 aromatic rings. The van der Waals surface area contributed by atoms with Crippen molar-refractivity contribution in [2.24, 2.45) is 17.8 Å². The summed E-state index contributed by atoms with van der Waals surface area (Å²) >= 11 is 0. The van der Waals surface area contributed by atoms with Crippen LogP contribution in [0.3, 0.4) is 0 Å². The van der Waals surface area contributed by atoms with Gasteiger partial charge in [0.2, 0.25) is 17.7 Å². The predicted molar refractivity (Wildman–Crippen MR) is 109 cm³/mol. The Labute approximate surface area is 172 Å². The third-order valence-electron chi connectivity index (χ3n) is 5.73. The molecule has 0 saturated carbocycles. The van der Waals surface area contributed by atoms with Crippen molar-refractivity contribution in [2.45, 2.75) is 45.7 Å². The fourth-order valence-electron chi connectivity index (χ4n) is 4.30. The highest BCUT2D eigenvalue weighted by atomic mass is 16.3. The SMILES string of the molecule is CC(C)CC(C(=O)N(CCO)Cc1ccccc1)N1C(=O)C2CC=CCC2C1=O. The molecule has 6 heteroatoms. The average Bonchev–Trinajstić information content (AvgIpc) is 2.97. The number of likely N-dealkylation sites (tertiary alicyclic amines) is 1. The molecule has 3 rings (SSSR count). The molecule has 0 radical (unpaired) electrons. The van der Waals surface area contributed by atoms with Crippen molar-refractivity contribution in [3.63, 3.8) is 0 Å². The van der Waals surface area contributed by atoms with Crippen LogP contribution >= 0.6 is 0 Å². The summed E-state index contributed by atoms with van der Waals surface area (Å²) < 4.78 is 0. The largest absolute Gasteiger partial charge is 0.395 e. The molecule has 0 bridgehead atoms. The molecular formula is C23H30N2O4. The Hall–Kier alpha value is -2.47. The highest BCUT2D eigenvalue weighted by Gasteiger charge is 2.51. The summed E-state index contributed by atoms with van der Waals surface area (Å²) in [6.45, 7) is 4.28. The van der Waals surface area contributed by atoms with Gasteiger partial charge in [0, 0.05) is 13.1 Å². The third kappa shape index (κ3) is 4.58. The van der Waals surface area contributed by atoms with Crippen LogP contribution in [0.2, 0.25) is 0 Å². The van der Waals surface area contributed by atoms with E-state index in [0.717, 1.165) is 5.56 Å². The Balaban J connectivity index is 1.87. The van der Waals surface area contributed by atoms with Gasteiger partial charge in [-0.2, -0.15) is 0 Å². The van der Waals surface area contributed by atoms with Crippen LogP contribution in [0.25, 0.3) is 0 Å². The second-order valence-electron chi connectivity index (χ2n) is 8.32. The molecule has 1 saturated heterocycles. The number of allylic oxidation sites excluding steroid dienone is 2. The Morgan fingerprint density at radius 1 is 1.10 bits per heavy atom. The first-order valence-corrected chi connectivity index (χ1v) is 10.4. The molecule has 1 N–H and O–H groups in total. The van der Waals surface area contributed by atoms with Crippen LogP contribution in [0.4, 0.5) is 0 Å². The number of fused-ring (bicyclic) bond motifs is 1. The monoisotopic (exact) mass is 398 g/mol. The topological polar surface area (TPSA) is 77.9 Å². The molecule has 0 aromatic heterocycles. The minimum Gasteiger partial charge on any atom is -0.395 e. The standard InChI is InChI=1S/C23H30N2O4/c1-16(2)14-20(25-21(27)18-10-6-7-11-19(18)22(25)28)23(29)24(12-13-26)15-17-8-4-3-5-9-17/h3-9,16,18-20,26H,10-15H2,1-2H3. The minimum absolute atomic E-state index is 0.137. The molecule has 3 unspecified atom stereocenters. The van der Waals surface area contributed by atoms with Gasteiger partial charge in [0.1, 0.15) is 6.04 Å². The van der Waals surface area contributed by atoms with Crippen LogP contribution in [-0.4, -0.2) is 51.8 Å².